The van der Waals surface area contributed by atoms with Gasteiger partial charge in [-0.2, -0.15) is 0 Å². The Morgan fingerprint density at radius 2 is 2.04 bits per heavy atom. The average Bonchev–Trinajstić information content (AvgIpc) is 2.93. The second kappa shape index (κ2) is 6.99. The predicted octanol–water partition coefficient (Wildman–Crippen LogP) is 4.55. The normalized spacial score (nSPS) is 13.9. The van der Waals surface area contributed by atoms with Crippen molar-refractivity contribution in [1.29, 1.82) is 0 Å². The molecule has 2 aromatic carbocycles. The summed E-state index contributed by atoms with van der Waals surface area (Å²) in [5.74, 6) is 0. The van der Waals surface area contributed by atoms with Crippen LogP contribution in [0.5, 0.6) is 0 Å². The van der Waals surface area contributed by atoms with Crippen molar-refractivity contribution in [2.24, 2.45) is 0 Å². The molecule has 0 saturated heterocycles. The topological polar surface area (TPSA) is 29.0 Å². The van der Waals surface area contributed by atoms with Gasteiger partial charge in [0.15, 0.2) is 0 Å². The van der Waals surface area contributed by atoms with Crippen LogP contribution in [-0.2, 0) is 19.5 Å². The van der Waals surface area contributed by atoms with E-state index in [-0.39, 0.29) is 0 Å². The summed E-state index contributed by atoms with van der Waals surface area (Å²) in [6.45, 7) is 4.11. The summed E-state index contributed by atoms with van der Waals surface area (Å²) in [5.41, 5.74) is 5.58. The van der Waals surface area contributed by atoms with Crippen LogP contribution in [-0.4, -0.2) is 17.7 Å². The van der Waals surface area contributed by atoms with Crippen molar-refractivity contribution in [3.63, 3.8) is 0 Å². The Labute approximate surface area is 151 Å². The zero-order valence-corrected chi connectivity index (χ0v) is 15.3. The van der Waals surface area contributed by atoms with Crippen molar-refractivity contribution in [2.45, 2.75) is 25.9 Å². The Hall–Kier alpha value is -1.78. The molecule has 0 aliphatic carbocycles. The molecule has 0 spiro atoms. The Kier molecular flexibility index (Phi) is 4.58. The van der Waals surface area contributed by atoms with Crippen molar-refractivity contribution >= 4 is 32.5 Å². The fourth-order valence-electron chi connectivity index (χ4n) is 3.65. The number of anilines is 1. The molecule has 0 bridgehead atoms. The number of fused-ring (bicyclic) bond motifs is 3. The maximum absolute atomic E-state index is 3.52. The van der Waals surface area contributed by atoms with E-state index in [1.165, 1.54) is 22.3 Å². The minimum absolute atomic E-state index is 0.977. The highest BCUT2D eigenvalue weighted by molar-refractivity contribution is 9.10. The third kappa shape index (κ3) is 3.08. The van der Waals surface area contributed by atoms with Crippen molar-refractivity contribution in [3.8, 4) is 0 Å². The van der Waals surface area contributed by atoms with Gasteiger partial charge in [0.1, 0.15) is 0 Å². The monoisotopic (exact) mass is 383 g/mol. The molecule has 3 nitrogen and oxygen atoms in total. The zero-order chi connectivity index (χ0) is 16.4. The van der Waals surface area contributed by atoms with Gasteiger partial charge in [-0.3, -0.25) is 0 Å². The third-order valence-electron chi connectivity index (χ3n) is 4.75. The maximum Gasteiger partial charge on any atom is 0.0485 e. The number of halogens is 1. The predicted molar refractivity (Wildman–Crippen MR) is 105 cm³/mol. The first-order valence-electron chi connectivity index (χ1n) is 8.62. The number of rotatable bonds is 5. The summed E-state index contributed by atoms with van der Waals surface area (Å²) < 4.78 is 3.63. The SMILES string of the molecule is Brc1cccc(NCCCn2c3c(c4ccccc42)CCNC3)c1. The van der Waals surface area contributed by atoms with Crippen molar-refractivity contribution in [1.82, 2.24) is 9.88 Å². The third-order valence-corrected chi connectivity index (χ3v) is 5.24. The number of nitrogens with one attached hydrogen (secondary N) is 2. The number of hydrogen-bond acceptors (Lipinski definition) is 2. The number of para-hydroxylation sites is 1. The van der Waals surface area contributed by atoms with Crippen LogP contribution in [0.25, 0.3) is 10.9 Å². The molecule has 4 rings (SSSR count). The first-order chi connectivity index (χ1) is 11.8. The minimum atomic E-state index is 0.977. The van der Waals surface area contributed by atoms with Crippen molar-refractivity contribution < 1.29 is 0 Å². The molecular weight excluding hydrogens is 362 g/mol. The molecule has 1 aromatic heterocycles. The van der Waals surface area contributed by atoms with Crippen LogP contribution >= 0.6 is 15.9 Å². The molecule has 4 heteroatoms. The molecule has 1 aliphatic heterocycles. The summed E-state index contributed by atoms with van der Waals surface area (Å²) in [5, 5.41) is 8.48. The van der Waals surface area contributed by atoms with Crippen LogP contribution in [0, 0.1) is 0 Å². The lowest BCUT2D eigenvalue weighted by molar-refractivity contribution is 0.576. The van der Waals surface area contributed by atoms with E-state index in [0.29, 0.717) is 0 Å². The van der Waals surface area contributed by atoms with Gasteiger partial charge in [0, 0.05) is 46.4 Å². The Morgan fingerprint density at radius 1 is 1.12 bits per heavy atom. The fraction of sp³-hybridized carbons (Fsp3) is 0.300. The molecule has 0 saturated carbocycles. The van der Waals surface area contributed by atoms with Crippen LogP contribution in [0.4, 0.5) is 5.69 Å². The lowest BCUT2D eigenvalue weighted by Crippen LogP contribution is -2.25. The van der Waals surface area contributed by atoms with E-state index in [4.69, 9.17) is 0 Å². The van der Waals surface area contributed by atoms with E-state index in [1.807, 2.05) is 0 Å². The van der Waals surface area contributed by atoms with Gasteiger partial charge in [0.25, 0.3) is 0 Å². The number of aryl methyl sites for hydroxylation is 1. The summed E-state index contributed by atoms with van der Waals surface area (Å²) in [6.07, 6.45) is 2.25. The first kappa shape index (κ1) is 15.7. The van der Waals surface area contributed by atoms with Crippen LogP contribution in [0.3, 0.4) is 0 Å². The van der Waals surface area contributed by atoms with Crippen molar-refractivity contribution in [3.05, 3.63) is 64.3 Å². The van der Waals surface area contributed by atoms with Crippen molar-refractivity contribution in [2.75, 3.05) is 18.4 Å². The number of benzene rings is 2. The summed E-state index contributed by atoms with van der Waals surface area (Å²) in [7, 11) is 0. The number of nitrogens with zero attached hydrogens (tertiary/aromatic N) is 1. The Balaban J connectivity index is 1.48. The second-order valence-corrected chi connectivity index (χ2v) is 7.23. The van der Waals surface area contributed by atoms with E-state index in [1.54, 1.807) is 5.56 Å². The molecule has 2 heterocycles. The molecule has 1 aliphatic rings. The van der Waals surface area contributed by atoms with Gasteiger partial charge in [0.05, 0.1) is 0 Å². The second-order valence-electron chi connectivity index (χ2n) is 6.31. The smallest absolute Gasteiger partial charge is 0.0485 e. The highest BCUT2D eigenvalue weighted by atomic mass is 79.9. The standard InChI is InChI=1S/C20H22BrN3/c21-15-5-3-6-16(13-15)23-10-4-12-24-19-8-2-1-7-17(19)18-9-11-22-14-20(18)24/h1-3,5-8,13,22-23H,4,9-12,14H2. The summed E-state index contributed by atoms with van der Waals surface area (Å²) in [4.78, 5) is 0. The van der Waals surface area contributed by atoms with Gasteiger partial charge in [-0.05, 0) is 49.2 Å². The van der Waals surface area contributed by atoms with Gasteiger partial charge in [0.2, 0.25) is 0 Å². The van der Waals surface area contributed by atoms with Gasteiger partial charge in [-0.1, -0.05) is 40.2 Å². The Morgan fingerprint density at radius 3 is 2.96 bits per heavy atom. The zero-order valence-electron chi connectivity index (χ0n) is 13.7. The highest BCUT2D eigenvalue weighted by Gasteiger charge is 2.18. The first-order valence-corrected chi connectivity index (χ1v) is 9.41. The fourth-order valence-corrected chi connectivity index (χ4v) is 4.05. The largest absolute Gasteiger partial charge is 0.385 e. The average molecular weight is 384 g/mol. The molecule has 0 radical (unpaired) electrons. The summed E-state index contributed by atoms with van der Waals surface area (Å²) in [6, 6.07) is 17.2. The molecule has 124 valence electrons. The van der Waals surface area contributed by atoms with Gasteiger partial charge < -0.3 is 15.2 Å². The summed E-state index contributed by atoms with van der Waals surface area (Å²) >= 11 is 3.52. The molecule has 3 aromatic rings. The molecular formula is C20H22BrN3. The lowest BCUT2D eigenvalue weighted by Gasteiger charge is -2.17. The molecule has 2 N–H and O–H groups in total. The van der Waals surface area contributed by atoms with Gasteiger partial charge >= 0.3 is 0 Å². The quantitative estimate of drug-likeness (QED) is 0.632. The van der Waals surface area contributed by atoms with Crippen LogP contribution in [0.1, 0.15) is 17.7 Å². The molecule has 24 heavy (non-hydrogen) atoms. The minimum Gasteiger partial charge on any atom is -0.385 e. The van der Waals surface area contributed by atoms with Crippen LogP contribution < -0.4 is 10.6 Å². The lowest BCUT2D eigenvalue weighted by atomic mass is 10.1. The van der Waals surface area contributed by atoms with E-state index in [0.717, 1.165) is 43.5 Å². The van der Waals surface area contributed by atoms with E-state index < -0.39 is 0 Å². The van der Waals surface area contributed by atoms with E-state index >= 15 is 0 Å². The van der Waals surface area contributed by atoms with E-state index in [2.05, 4.69) is 79.7 Å². The number of hydrogen-bond donors (Lipinski definition) is 2. The Bertz CT molecular complexity index is 853. The van der Waals surface area contributed by atoms with Gasteiger partial charge in [-0.15, -0.1) is 0 Å². The molecule has 0 atom stereocenters. The molecule has 0 amide bonds. The number of aromatic nitrogens is 1. The molecule has 0 fully saturated rings. The maximum atomic E-state index is 3.52. The van der Waals surface area contributed by atoms with Gasteiger partial charge in [-0.25, -0.2) is 0 Å². The highest BCUT2D eigenvalue weighted by Crippen LogP contribution is 2.28. The molecule has 0 unspecified atom stereocenters. The van der Waals surface area contributed by atoms with Crippen LogP contribution in [0.2, 0.25) is 0 Å². The van der Waals surface area contributed by atoms with Crippen LogP contribution in [0.15, 0.2) is 53.0 Å². The van der Waals surface area contributed by atoms with E-state index in [9.17, 15) is 0 Å².